The van der Waals surface area contributed by atoms with Crippen molar-refractivity contribution in [3.63, 3.8) is 0 Å². The van der Waals surface area contributed by atoms with Crippen LogP contribution in [0.15, 0.2) is 72.6 Å². The molecule has 0 aliphatic heterocycles. The first kappa shape index (κ1) is 16.7. The van der Waals surface area contributed by atoms with Gasteiger partial charge in [0, 0.05) is 15.9 Å². The zero-order valence-corrected chi connectivity index (χ0v) is 14.3. The van der Waals surface area contributed by atoms with Gasteiger partial charge in [0.05, 0.1) is 6.10 Å². The molecule has 2 rings (SSSR count). The largest absolute Gasteiger partial charge is 0.388 e. The van der Waals surface area contributed by atoms with Gasteiger partial charge in [-0.15, -0.1) is 0 Å². The maximum atomic E-state index is 13.9. The minimum Gasteiger partial charge on any atom is -0.388 e. The van der Waals surface area contributed by atoms with Crippen LogP contribution in [0, 0.1) is 5.41 Å². The Bertz CT molecular complexity index is 641. The Kier molecular flexibility index (Phi) is 4.75. The first-order valence-electron chi connectivity index (χ1n) is 7.36. The maximum absolute atomic E-state index is 13.9. The molecule has 0 aromatic heterocycles. The van der Waals surface area contributed by atoms with Gasteiger partial charge in [0.2, 0.25) is 0 Å². The van der Waals surface area contributed by atoms with Gasteiger partial charge in [-0.25, -0.2) is 0 Å². The van der Waals surface area contributed by atoms with Crippen molar-refractivity contribution in [3.8, 4) is 0 Å². The second kappa shape index (κ2) is 6.24. The summed E-state index contributed by atoms with van der Waals surface area (Å²) in [7, 11) is -3.11. The normalized spacial score (nSPS) is 13.6. The highest BCUT2D eigenvalue weighted by Gasteiger charge is 2.38. The average molecular weight is 314 g/mol. The topological polar surface area (TPSA) is 37.3 Å². The number of hydrogen-bond acceptors (Lipinski definition) is 2. The molecule has 0 spiro atoms. The summed E-state index contributed by atoms with van der Waals surface area (Å²) in [6.45, 7) is 9.79. The van der Waals surface area contributed by atoms with E-state index in [1.165, 1.54) is 0 Å². The van der Waals surface area contributed by atoms with Gasteiger partial charge >= 0.3 is 0 Å². The van der Waals surface area contributed by atoms with Gasteiger partial charge in [-0.2, -0.15) is 0 Å². The molecule has 0 bridgehead atoms. The zero-order chi connectivity index (χ0) is 16.4. The quantitative estimate of drug-likeness (QED) is 0.869. The summed E-state index contributed by atoms with van der Waals surface area (Å²) in [6.07, 6.45) is -0.848. The van der Waals surface area contributed by atoms with Gasteiger partial charge < -0.3 is 9.67 Å². The Labute approximate surface area is 132 Å². The van der Waals surface area contributed by atoms with E-state index in [1.54, 1.807) is 0 Å². The number of benzene rings is 2. The molecule has 1 atom stereocenters. The van der Waals surface area contributed by atoms with E-state index < -0.39 is 18.7 Å². The lowest BCUT2D eigenvalue weighted by Gasteiger charge is -2.32. The van der Waals surface area contributed by atoms with Gasteiger partial charge in [-0.3, -0.25) is 0 Å². The van der Waals surface area contributed by atoms with Crippen LogP contribution in [-0.4, -0.2) is 11.2 Å². The summed E-state index contributed by atoms with van der Waals surface area (Å²) in [5, 5.41) is 12.4. The molecule has 1 unspecified atom stereocenters. The van der Waals surface area contributed by atoms with E-state index in [9.17, 15) is 9.67 Å². The SMILES string of the molecule is C=C(C(O)C(C)(C)C)P(=O)(c1ccccc1)c1ccccc1. The summed E-state index contributed by atoms with van der Waals surface area (Å²) in [6, 6.07) is 18.6. The zero-order valence-electron chi connectivity index (χ0n) is 13.4. The van der Waals surface area contributed by atoms with Crippen molar-refractivity contribution in [2.45, 2.75) is 26.9 Å². The number of hydrogen-bond donors (Lipinski definition) is 1. The van der Waals surface area contributed by atoms with Gasteiger partial charge in [-0.05, 0) is 5.41 Å². The van der Waals surface area contributed by atoms with Crippen molar-refractivity contribution in [1.82, 2.24) is 0 Å². The molecule has 0 aliphatic carbocycles. The van der Waals surface area contributed by atoms with E-state index in [-0.39, 0.29) is 0 Å². The van der Waals surface area contributed by atoms with Crippen LogP contribution in [0.1, 0.15) is 20.8 Å². The van der Waals surface area contributed by atoms with Crippen molar-refractivity contribution in [3.05, 3.63) is 72.6 Å². The van der Waals surface area contributed by atoms with Crippen LogP contribution >= 0.6 is 7.14 Å². The number of aliphatic hydroxyl groups is 1. The molecule has 0 heterocycles. The lowest BCUT2D eigenvalue weighted by Crippen LogP contribution is -2.31. The Morgan fingerprint density at radius 1 is 0.955 bits per heavy atom. The van der Waals surface area contributed by atoms with Gasteiger partial charge in [0.1, 0.15) is 0 Å². The van der Waals surface area contributed by atoms with E-state index in [4.69, 9.17) is 0 Å². The van der Waals surface area contributed by atoms with E-state index in [2.05, 4.69) is 6.58 Å². The van der Waals surface area contributed by atoms with Crippen LogP contribution in [0.4, 0.5) is 0 Å². The van der Waals surface area contributed by atoms with Gasteiger partial charge in [-0.1, -0.05) is 88.0 Å². The Morgan fingerprint density at radius 2 is 1.32 bits per heavy atom. The molecule has 0 fully saturated rings. The average Bonchev–Trinajstić information content (AvgIpc) is 2.53. The number of aliphatic hydroxyl groups excluding tert-OH is 1. The fourth-order valence-corrected chi connectivity index (χ4v) is 5.31. The van der Waals surface area contributed by atoms with Crippen LogP contribution in [0.25, 0.3) is 0 Å². The predicted molar refractivity (Wildman–Crippen MR) is 94.4 cm³/mol. The summed E-state index contributed by atoms with van der Waals surface area (Å²) < 4.78 is 13.9. The van der Waals surface area contributed by atoms with Crippen LogP contribution in [0.3, 0.4) is 0 Å². The van der Waals surface area contributed by atoms with Crippen molar-refractivity contribution >= 4 is 17.8 Å². The predicted octanol–water partition coefficient (Wildman–Crippen LogP) is 3.92. The van der Waals surface area contributed by atoms with Crippen LogP contribution in [0.2, 0.25) is 0 Å². The maximum Gasteiger partial charge on any atom is 0.169 e. The van der Waals surface area contributed by atoms with E-state index >= 15 is 0 Å². The molecule has 0 saturated carbocycles. The van der Waals surface area contributed by atoms with Gasteiger partial charge in [0.15, 0.2) is 7.14 Å². The van der Waals surface area contributed by atoms with Crippen molar-refractivity contribution in [1.29, 1.82) is 0 Å². The van der Waals surface area contributed by atoms with Crippen molar-refractivity contribution in [2.24, 2.45) is 5.41 Å². The lowest BCUT2D eigenvalue weighted by molar-refractivity contribution is 0.101. The summed E-state index contributed by atoms with van der Waals surface area (Å²) in [5.41, 5.74) is -0.420. The van der Waals surface area contributed by atoms with E-state index in [1.807, 2.05) is 81.4 Å². The highest BCUT2D eigenvalue weighted by atomic mass is 31.2. The smallest absolute Gasteiger partial charge is 0.169 e. The Morgan fingerprint density at radius 3 is 1.64 bits per heavy atom. The second-order valence-corrected chi connectivity index (χ2v) is 9.37. The van der Waals surface area contributed by atoms with Crippen LogP contribution < -0.4 is 10.6 Å². The molecule has 2 aromatic rings. The minimum absolute atomic E-state index is 0.386. The van der Waals surface area contributed by atoms with Crippen molar-refractivity contribution in [2.75, 3.05) is 0 Å². The monoisotopic (exact) mass is 314 g/mol. The summed E-state index contributed by atoms with van der Waals surface area (Å²) in [5.74, 6) is 0. The van der Waals surface area contributed by atoms with Crippen LogP contribution in [0.5, 0.6) is 0 Å². The van der Waals surface area contributed by atoms with Crippen LogP contribution in [-0.2, 0) is 4.57 Å². The van der Waals surface area contributed by atoms with Gasteiger partial charge in [0.25, 0.3) is 0 Å². The molecule has 1 N–H and O–H groups in total. The van der Waals surface area contributed by atoms with Crippen molar-refractivity contribution < 1.29 is 9.67 Å². The third-order valence-corrected chi connectivity index (χ3v) is 6.88. The molecule has 0 saturated heterocycles. The fourth-order valence-electron chi connectivity index (χ4n) is 2.43. The molecule has 2 nitrogen and oxygen atoms in total. The fraction of sp³-hybridized carbons (Fsp3) is 0.263. The third kappa shape index (κ3) is 3.09. The Hall–Kier alpha value is -1.63. The highest BCUT2D eigenvalue weighted by molar-refractivity contribution is 7.82. The first-order valence-corrected chi connectivity index (χ1v) is 9.07. The Balaban J connectivity index is 2.63. The summed E-state index contributed by atoms with van der Waals surface area (Å²) >= 11 is 0. The van der Waals surface area contributed by atoms with E-state index in [0.717, 1.165) is 0 Å². The molecule has 3 heteroatoms. The minimum atomic E-state index is -3.11. The molecule has 116 valence electrons. The second-order valence-electron chi connectivity index (χ2n) is 6.54. The summed E-state index contributed by atoms with van der Waals surface area (Å²) in [4.78, 5) is 0. The third-order valence-electron chi connectivity index (χ3n) is 3.78. The molecule has 22 heavy (non-hydrogen) atoms. The molecular formula is C19H23O2P. The molecule has 0 radical (unpaired) electrons. The number of rotatable bonds is 4. The molecule has 0 amide bonds. The molecular weight excluding hydrogens is 291 g/mol. The van der Waals surface area contributed by atoms with E-state index in [0.29, 0.717) is 15.9 Å². The standard InChI is InChI=1S/C19H23O2P/c1-15(18(20)19(2,3)4)22(21,16-11-7-5-8-12-16)17-13-9-6-10-14-17/h5-14,18,20H,1H2,2-4H3. The molecule has 0 aliphatic rings. The highest BCUT2D eigenvalue weighted by Crippen LogP contribution is 2.54. The molecule has 2 aromatic carbocycles. The first-order chi connectivity index (χ1) is 10.3. The lowest BCUT2D eigenvalue weighted by atomic mass is 9.89.